The van der Waals surface area contributed by atoms with Gasteiger partial charge in [-0.05, 0) is 13.1 Å². The second-order valence-corrected chi connectivity index (χ2v) is 5.13. The van der Waals surface area contributed by atoms with E-state index in [0.29, 0.717) is 48.9 Å². The van der Waals surface area contributed by atoms with E-state index in [-0.39, 0.29) is 5.78 Å². The molecule has 0 unspecified atom stereocenters. The van der Waals surface area contributed by atoms with Crippen molar-refractivity contribution in [2.45, 2.75) is 18.4 Å². The number of piperidine rings is 1. The van der Waals surface area contributed by atoms with Gasteiger partial charge in [0.05, 0.1) is 21.3 Å². The van der Waals surface area contributed by atoms with E-state index in [0.717, 1.165) is 0 Å². The molecule has 6 nitrogen and oxygen atoms in total. The van der Waals surface area contributed by atoms with Crippen LogP contribution in [0.2, 0.25) is 0 Å². The summed E-state index contributed by atoms with van der Waals surface area (Å²) in [7, 11) is 4.62. The topological polar surface area (TPSA) is 66.0 Å². The summed E-state index contributed by atoms with van der Waals surface area (Å²) in [5, 5.41) is 3.21. The molecule has 1 aliphatic rings. The Morgan fingerprint density at radius 1 is 1.09 bits per heavy atom. The van der Waals surface area contributed by atoms with E-state index in [4.69, 9.17) is 18.9 Å². The first kappa shape index (κ1) is 16.4. The molecule has 2 rings (SSSR count). The van der Waals surface area contributed by atoms with E-state index in [1.54, 1.807) is 19.2 Å². The van der Waals surface area contributed by atoms with Crippen molar-refractivity contribution in [1.82, 2.24) is 5.32 Å². The van der Waals surface area contributed by atoms with Crippen molar-refractivity contribution in [2.75, 3.05) is 34.4 Å². The zero-order valence-corrected chi connectivity index (χ0v) is 13.2. The Hall–Kier alpha value is -1.95. The molecule has 22 heavy (non-hydrogen) atoms. The first-order valence-corrected chi connectivity index (χ1v) is 7.12. The summed E-state index contributed by atoms with van der Waals surface area (Å²) in [5.41, 5.74) is -0.958. The van der Waals surface area contributed by atoms with E-state index >= 15 is 0 Å². The summed E-state index contributed by atoms with van der Waals surface area (Å²) in [6.07, 6.45) is 1.10. The van der Waals surface area contributed by atoms with E-state index in [1.165, 1.54) is 14.2 Å². The number of nitrogens with one attached hydrogen (secondary N) is 1. The van der Waals surface area contributed by atoms with Gasteiger partial charge in [-0.15, -0.1) is 0 Å². The number of Topliss-reactive ketones (excluding diaryl/α,β-unsaturated/α-hetero) is 1. The third-order valence-corrected chi connectivity index (χ3v) is 3.89. The summed E-state index contributed by atoms with van der Waals surface area (Å²) in [4.78, 5) is 12.1. The first-order valence-electron chi connectivity index (χ1n) is 7.12. The highest BCUT2D eigenvalue weighted by Crippen LogP contribution is 2.44. The Morgan fingerprint density at radius 2 is 1.64 bits per heavy atom. The van der Waals surface area contributed by atoms with Gasteiger partial charge in [0.2, 0.25) is 5.75 Å². The van der Waals surface area contributed by atoms with Crippen LogP contribution in [0.1, 0.15) is 12.8 Å². The van der Waals surface area contributed by atoms with Crippen molar-refractivity contribution in [3.63, 3.8) is 0 Å². The van der Waals surface area contributed by atoms with Gasteiger partial charge in [-0.1, -0.05) is 0 Å². The van der Waals surface area contributed by atoms with Crippen LogP contribution in [-0.4, -0.2) is 45.8 Å². The van der Waals surface area contributed by atoms with Crippen LogP contribution in [0.4, 0.5) is 0 Å². The maximum absolute atomic E-state index is 12.1. The first-order chi connectivity index (χ1) is 10.6. The van der Waals surface area contributed by atoms with Crippen LogP contribution in [0.3, 0.4) is 0 Å². The van der Waals surface area contributed by atoms with E-state index in [1.807, 2.05) is 0 Å². The normalized spacial score (nSPS) is 16.7. The molecule has 1 radical (unpaired) electrons. The fourth-order valence-corrected chi connectivity index (χ4v) is 2.54. The van der Waals surface area contributed by atoms with Gasteiger partial charge < -0.3 is 24.3 Å². The van der Waals surface area contributed by atoms with Gasteiger partial charge in [-0.3, -0.25) is 4.79 Å². The van der Waals surface area contributed by atoms with Crippen LogP contribution in [0.25, 0.3) is 0 Å². The van der Waals surface area contributed by atoms with Crippen LogP contribution < -0.4 is 24.3 Å². The molecule has 1 heterocycles. The molecule has 0 bridgehead atoms. The molecule has 121 valence electrons. The predicted molar refractivity (Wildman–Crippen MR) is 81.9 cm³/mol. The molecule has 1 aromatic carbocycles. The zero-order chi connectivity index (χ0) is 16.2. The fraction of sp³-hybridized carbons (Fsp3) is 0.500. The minimum atomic E-state index is -0.958. The molecule has 1 saturated heterocycles. The smallest absolute Gasteiger partial charge is 0.204 e. The summed E-state index contributed by atoms with van der Waals surface area (Å²) >= 11 is 0. The SMILES string of the molecule is [CH2]C(=O)C1(Oc2c(OC)cc(OC)cc2OC)CCNCC1. The van der Waals surface area contributed by atoms with Gasteiger partial charge in [0.1, 0.15) is 5.75 Å². The second kappa shape index (κ2) is 6.87. The molecule has 0 saturated carbocycles. The van der Waals surface area contributed by atoms with Gasteiger partial charge in [-0.25, -0.2) is 0 Å². The van der Waals surface area contributed by atoms with E-state index in [2.05, 4.69) is 12.2 Å². The molecule has 1 N–H and O–H groups in total. The third-order valence-electron chi connectivity index (χ3n) is 3.89. The third kappa shape index (κ3) is 3.11. The van der Waals surface area contributed by atoms with Gasteiger partial charge in [0.15, 0.2) is 22.9 Å². The molecule has 0 aromatic heterocycles. The maximum Gasteiger partial charge on any atom is 0.204 e. The molecular weight excluding hydrogens is 286 g/mol. The Morgan fingerprint density at radius 3 is 2.05 bits per heavy atom. The highest BCUT2D eigenvalue weighted by Gasteiger charge is 2.40. The molecule has 0 aliphatic carbocycles. The van der Waals surface area contributed by atoms with Gasteiger partial charge in [0, 0.05) is 31.9 Å². The van der Waals surface area contributed by atoms with Crippen molar-refractivity contribution >= 4 is 5.78 Å². The van der Waals surface area contributed by atoms with Crippen LogP contribution in [-0.2, 0) is 4.79 Å². The summed E-state index contributed by atoms with van der Waals surface area (Å²) in [5.74, 6) is 1.64. The average molecular weight is 308 g/mol. The lowest BCUT2D eigenvalue weighted by Crippen LogP contribution is -2.51. The van der Waals surface area contributed by atoms with Gasteiger partial charge in [-0.2, -0.15) is 0 Å². The van der Waals surface area contributed by atoms with Crippen LogP contribution >= 0.6 is 0 Å². The monoisotopic (exact) mass is 308 g/mol. The lowest BCUT2D eigenvalue weighted by Gasteiger charge is -2.36. The summed E-state index contributed by atoms with van der Waals surface area (Å²) in [6, 6.07) is 3.39. The Labute approximate surface area is 130 Å². The molecule has 1 aromatic rings. The molecule has 0 spiro atoms. The number of carbonyl (C=O) groups excluding carboxylic acids is 1. The van der Waals surface area contributed by atoms with Crippen LogP contribution in [0.5, 0.6) is 23.0 Å². The minimum absolute atomic E-state index is 0.242. The molecule has 0 atom stereocenters. The largest absolute Gasteiger partial charge is 0.496 e. The number of methoxy groups -OCH3 is 3. The number of carbonyl (C=O) groups is 1. The number of benzene rings is 1. The number of rotatable bonds is 6. The van der Waals surface area contributed by atoms with Crippen molar-refractivity contribution in [1.29, 1.82) is 0 Å². The number of hydrogen-bond donors (Lipinski definition) is 1. The Kier molecular flexibility index (Phi) is 5.13. The fourth-order valence-electron chi connectivity index (χ4n) is 2.54. The lowest BCUT2D eigenvalue weighted by molar-refractivity contribution is -0.132. The zero-order valence-electron chi connectivity index (χ0n) is 13.2. The predicted octanol–water partition coefficient (Wildman–Crippen LogP) is 1.62. The summed E-state index contributed by atoms with van der Waals surface area (Å²) < 4.78 is 22.0. The molecule has 6 heteroatoms. The quantitative estimate of drug-likeness (QED) is 0.861. The van der Waals surface area contributed by atoms with Crippen LogP contribution in [0, 0.1) is 6.92 Å². The molecular formula is C16H22NO5. The van der Waals surface area contributed by atoms with Crippen molar-refractivity contribution in [3.05, 3.63) is 19.1 Å². The molecule has 0 amide bonds. The lowest BCUT2D eigenvalue weighted by atomic mass is 9.88. The minimum Gasteiger partial charge on any atom is -0.496 e. The second-order valence-electron chi connectivity index (χ2n) is 5.13. The Bertz CT molecular complexity index is 512. The van der Waals surface area contributed by atoms with E-state index < -0.39 is 5.60 Å². The molecule has 1 aliphatic heterocycles. The van der Waals surface area contributed by atoms with Crippen molar-refractivity contribution in [3.8, 4) is 23.0 Å². The number of ether oxygens (including phenoxy) is 4. The number of hydrogen-bond acceptors (Lipinski definition) is 6. The highest BCUT2D eigenvalue weighted by atomic mass is 16.6. The van der Waals surface area contributed by atoms with Crippen molar-refractivity contribution in [2.24, 2.45) is 0 Å². The van der Waals surface area contributed by atoms with Crippen LogP contribution in [0.15, 0.2) is 12.1 Å². The van der Waals surface area contributed by atoms with Gasteiger partial charge >= 0.3 is 0 Å². The highest BCUT2D eigenvalue weighted by molar-refractivity contribution is 5.91. The van der Waals surface area contributed by atoms with Crippen molar-refractivity contribution < 1.29 is 23.7 Å². The van der Waals surface area contributed by atoms with Gasteiger partial charge in [0.25, 0.3) is 0 Å². The standard InChI is InChI=1S/C16H22NO5/c1-11(18)16(5-7-17-8-6-16)22-15-13(20-3)9-12(19-2)10-14(15)21-4/h9-10,17H,1,5-8H2,2-4H3. The molecule has 1 fully saturated rings. The Balaban J connectivity index is 2.44. The maximum atomic E-state index is 12.1. The van der Waals surface area contributed by atoms with E-state index in [9.17, 15) is 4.79 Å². The summed E-state index contributed by atoms with van der Waals surface area (Å²) in [6.45, 7) is 4.97. The number of ketones is 1. The average Bonchev–Trinajstić information content (AvgIpc) is 2.55.